The van der Waals surface area contributed by atoms with E-state index in [0.717, 1.165) is 32.6 Å². The number of nitrogens with zero attached hydrogens (tertiary/aromatic N) is 1. The summed E-state index contributed by atoms with van der Waals surface area (Å²) >= 11 is 0. The highest BCUT2D eigenvalue weighted by atomic mass is 16.4. The molecule has 2 N–H and O–H groups in total. The number of likely N-dealkylation sites (tertiary alicyclic amines) is 1. The third-order valence-electron chi connectivity index (χ3n) is 3.73. The van der Waals surface area contributed by atoms with Crippen LogP contribution in [0.3, 0.4) is 0 Å². The van der Waals surface area contributed by atoms with Gasteiger partial charge in [-0.1, -0.05) is 0 Å². The molecule has 0 aliphatic carbocycles. The topological polar surface area (TPSA) is 69.6 Å². The van der Waals surface area contributed by atoms with Crippen molar-refractivity contribution in [2.75, 3.05) is 26.2 Å². The van der Waals surface area contributed by atoms with Crippen molar-refractivity contribution in [3.63, 3.8) is 0 Å². The Bertz CT molecular complexity index is 302. The van der Waals surface area contributed by atoms with Crippen molar-refractivity contribution in [1.29, 1.82) is 0 Å². The fourth-order valence-corrected chi connectivity index (χ4v) is 2.49. The Morgan fingerprint density at radius 3 is 2.65 bits per heavy atom. The van der Waals surface area contributed by atoms with Crippen LogP contribution < -0.4 is 5.32 Å². The number of carboxylic acid groups (broad SMARTS) is 1. The van der Waals surface area contributed by atoms with Gasteiger partial charge in [0.1, 0.15) is 0 Å². The van der Waals surface area contributed by atoms with E-state index in [9.17, 15) is 9.59 Å². The molecule has 1 atom stereocenters. The average molecular weight is 240 g/mol. The van der Waals surface area contributed by atoms with Gasteiger partial charge in [0.15, 0.2) is 0 Å². The summed E-state index contributed by atoms with van der Waals surface area (Å²) in [5, 5.41) is 11.8. The van der Waals surface area contributed by atoms with E-state index in [1.807, 2.05) is 4.90 Å². The fourth-order valence-electron chi connectivity index (χ4n) is 2.49. The molecule has 1 amide bonds. The van der Waals surface area contributed by atoms with Crippen molar-refractivity contribution >= 4 is 11.9 Å². The van der Waals surface area contributed by atoms with E-state index >= 15 is 0 Å². The Kier molecular flexibility index (Phi) is 3.99. The van der Waals surface area contributed by atoms with Crippen molar-refractivity contribution in [2.24, 2.45) is 11.8 Å². The molecule has 0 aromatic heterocycles. The van der Waals surface area contributed by atoms with Crippen molar-refractivity contribution in [1.82, 2.24) is 10.2 Å². The van der Waals surface area contributed by atoms with Crippen molar-refractivity contribution < 1.29 is 14.7 Å². The molecule has 0 spiro atoms. The summed E-state index contributed by atoms with van der Waals surface area (Å²) in [6.45, 7) is 3.49. The van der Waals surface area contributed by atoms with Crippen LogP contribution in [0.1, 0.15) is 25.7 Å². The molecule has 5 nitrogen and oxygen atoms in total. The van der Waals surface area contributed by atoms with E-state index in [4.69, 9.17) is 5.11 Å². The van der Waals surface area contributed by atoms with E-state index in [0.29, 0.717) is 24.7 Å². The molecule has 0 saturated carbocycles. The lowest BCUT2D eigenvalue weighted by atomic mass is 9.99. The zero-order valence-corrected chi connectivity index (χ0v) is 10.0. The Morgan fingerprint density at radius 1 is 1.29 bits per heavy atom. The van der Waals surface area contributed by atoms with Crippen LogP contribution >= 0.6 is 0 Å². The molecule has 5 heteroatoms. The maximum absolute atomic E-state index is 11.9. The standard InChI is InChI=1S/C12H20N2O3/c15-11(5-10-6-13-7-10)14-4-3-9(8-14)1-2-12(16)17/h9-10,13H,1-8H2,(H,16,17). The van der Waals surface area contributed by atoms with Crippen LogP contribution in [0, 0.1) is 11.8 Å². The van der Waals surface area contributed by atoms with Gasteiger partial charge in [-0.25, -0.2) is 0 Å². The first-order valence-corrected chi connectivity index (χ1v) is 6.35. The number of rotatable bonds is 5. The first-order valence-electron chi connectivity index (χ1n) is 6.35. The molecule has 96 valence electrons. The van der Waals surface area contributed by atoms with Crippen LogP contribution in [0.15, 0.2) is 0 Å². The third kappa shape index (κ3) is 3.43. The number of hydrogen-bond donors (Lipinski definition) is 2. The van der Waals surface area contributed by atoms with Crippen LogP contribution in [0.25, 0.3) is 0 Å². The molecule has 0 bridgehead atoms. The highest BCUT2D eigenvalue weighted by Crippen LogP contribution is 2.22. The van der Waals surface area contributed by atoms with Crippen LogP contribution in [0.4, 0.5) is 0 Å². The lowest BCUT2D eigenvalue weighted by molar-refractivity contribution is -0.137. The van der Waals surface area contributed by atoms with Gasteiger partial charge in [-0.15, -0.1) is 0 Å². The maximum atomic E-state index is 11.9. The zero-order chi connectivity index (χ0) is 12.3. The number of hydrogen-bond acceptors (Lipinski definition) is 3. The van der Waals surface area contributed by atoms with E-state index in [2.05, 4.69) is 5.32 Å². The molecule has 2 aliphatic rings. The van der Waals surface area contributed by atoms with Gasteiger partial charge in [-0.2, -0.15) is 0 Å². The van der Waals surface area contributed by atoms with Gasteiger partial charge < -0.3 is 15.3 Å². The summed E-state index contributed by atoms with van der Waals surface area (Å²) in [5.41, 5.74) is 0. The van der Waals surface area contributed by atoms with Crippen LogP contribution in [0.5, 0.6) is 0 Å². The molecular weight excluding hydrogens is 220 g/mol. The number of carbonyl (C=O) groups excluding carboxylic acids is 1. The minimum atomic E-state index is -0.740. The van der Waals surface area contributed by atoms with Crippen LogP contribution in [-0.2, 0) is 9.59 Å². The summed E-state index contributed by atoms with van der Waals surface area (Å²) in [4.78, 5) is 24.3. The average Bonchev–Trinajstić information content (AvgIpc) is 2.69. The van der Waals surface area contributed by atoms with Crippen LogP contribution in [0.2, 0.25) is 0 Å². The van der Waals surface area contributed by atoms with E-state index in [1.165, 1.54) is 0 Å². The molecule has 2 rings (SSSR count). The van der Waals surface area contributed by atoms with Gasteiger partial charge in [-0.05, 0) is 37.8 Å². The largest absolute Gasteiger partial charge is 0.481 e. The van der Waals surface area contributed by atoms with Gasteiger partial charge in [0.25, 0.3) is 0 Å². The van der Waals surface area contributed by atoms with Crippen LogP contribution in [-0.4, -0.2) is 48.1 Å². The van der Waals surface area contributed by atoms with Crippen molar-refractivity contribution in [3.8, 4) is 0 Å². The fraction of sp³-hybridized carbons (Fsp3) is 0.833. The normalized spacial score (nSPS) is 24.7. The lowest BCUT2D eigenvalue weighted by Gasteiger charge is -2.28. The lowest BCUT2D eigenvalue weighted by Crippen LogP contribution is -2.45. The number of nitrogens with one attached hydrogen (secondary N) is 1. The van der Waals surface area contributed by atoms with Gasteiger partial charge in [-0.3, -0.25) is 9.59 Å². The first kappa shape index (κ1) is 12.4. The third-order valence-corrected chi connectivity index (χ3v) is 3.73. The molecule has 17 heavy (non-hydrogen) atoms. The second-order valence-corrected chi connectivity index (χ2v) is 5.16. The second kappa shape index (κ2) is 5.49. The van der Waals surface area contributed by atoms with Gasteiger partial charge in [0.05, 0.1) is 0 Å². The van der Waals surface area contributed by atoms with E-state index < -0.39 is 5.97 Å². The summed E-state index contributed by atoms with van der Waals surface area (Å²) in [6, 6.07) is 0. The molecule has 0 aromatic rings. The van der Waals surface area contributed by atoms with Gasteiger partial charge in [0.2, 0.25) is 5.91 Å². The minimum Gasteiger partial charge on any atom is -0.481 e. The van der Waals surface area contributed by atoms with E-state index in [1.54, 1.807) is 0 Å². The number of aliphatic carboxylic acids is 1. The van der Waals surface area contributed by atoms with Crippen molar-refractivity contribution in [3.05, 3.63) is 0 Å². The molecule has 2 aliphatic heterocycles. The maximum Gasteiger partial charge on any atom is 0.303 e. The number of carboxylic acids is 1. The Morgan fingerprint density at radius 2 is 2.06 bits per heavy atom. The zero-order valence-electron chi connectivity index (χ0n) is 10.0. The minimum absolute atomic E-state index is 0.221. The second-order valence-electron chi connectivity index (χ2n) is 5.16. The molecule has 2 fully saturated rings. The van der Waals surface area contributed by atoms with Gasteiger partial charge >= 0.3 is 5.97 Å². The highest BCUT2D eigenvalue weighted by molar-refractivity contribution is 5.77. The Balaban J connectivity index is 1.69. The Hall–Kier alpha value is -1.10. The predicted octanol–water partition coefficient (Wildman–Crippen LogP) is 0.309. The summed E-state index contributed by atoms with van der Waals surface area (Å²) in [6.07, 6.45) is 2.53. The van der Waals surface area contributed by atoms with Crippen molar-refractivity contribution in [2.45, 2.75) is 25.7 Å². The highest BCUT2D eigenvalue weighted by Gasteiger charge is 2.29. The number of carbonyl (C=O) groups is 2. The predicted molar refractivity (Wildman–Crippen MR) is 62.5 cm³/mol. The molecular formula is C12H20N2O3. The SMILES string of the molecule is O=C(O)CCC1CCN(C(=O)CC2CNC2)C1. The summed E-state index contributed by atoms with van der Waals surface area (Å²) < 4.78 is 0. The quantitative estimate of drug-likeness (QED) is 0.725. The Labute approximate surface area is 101 Å². The summed E-state index contributed by atoms with van der Waals surface area (Å²) in [5.74, 6) is 0.403. The molecule has 0 aromatic carbocycles. The summed E-state index contributed by atoms with van der Waals surface area (Å²) in [7, 11) is 0. The first-order chi connectivity index (χ1) is 8.15. The molecule has 1 unspecified atom stereocenters. The van der Waals surface area contributed by atoms with Gasteiger partial charge in [0, 0.05) is 25.9 Å². The monoisotopic (exact) mass is 240 g/mol. The smallest absolute Gasteiger partial charge is 0.303 e. The van der Waals surface area contributed by atoms with E-state index in [-0.39, 0.29) is 12.3 Å². The molecule has 2 heterocycles. The molecule has 2 saturated heterocycles. The number of amides is 1. The molecule has 0 radical (unpaired) electrons.